The quantitative estimate of drug-likeness (QED) is 0.440. The molecule has 28 heavy (non-hydrogen) atoms. The van der Waals surface area contributed by atoms with Gasteiger partial charge in [-0.1, -0.05) is 11.6 Å². The summed E-state index contributed by atoms with van der Waals surface area (Å²) in [5.74, 6) is -2.30. The molecule has 0 aromatic carbocycles. The number of nitrogens with zero attached hydrogens (tertiary/aromatic N) is 2. The Labute approximate surface area is 161 Å². The maximum Gasteiger partial charge on any atom is 0.401 e. The van der Waals surface area contributed by atoms with E-state index in [0.717, 1.165) is 6.92 Å². The molecular formula is C17H14ClF4N5O. The number of hydrogen-bond acceptors (Lipinski definition) is 4. The van der Waals surface area contributed by atoms with Gasteiger partial charge in [0.05, 0.1) is 11.6 Å². The molecule has 0 aliphatic heterocycles. The average Bonchev–Trinajstić information content (AvgIpc) is 3.02. The van der Waals surface area contributed by atoms with Crippen LogP contribution in [0, 0.1) is 5.95 Å². The van der Waals surface area contributed by atoms with Gasteiger partial charge in [-0.05, 0) is 19.1 Å². The first kappa shape index (κ1) is 20.0. The first-order valence-electron chi connectivity index (χ1n) is 7.92. The topological polar surface area (TPSA) is 96.7 Å². The minimum Gasteiger partial charge on any atom is -0.368 e. The fourth-order valence-corrected chi connectivity index (χ4v) is 2.91. The second kappa shape index (κ2) is 7.02. The van der Waals surface area contributed by atoms with Crippen LogP contribution < -0.4 is 11.1 Å². The lowest BCUT2D eigenvalue weighted by Crippen LogP contribution is -2.53. The molecule has 0 saturated heterocycles. The minimum absolute atomic E-state index is 0.341. The maximum absolute atomic E-state index is 14.4. The van der Waals surface area contributed by atoms with Gasteiger partial charge in [-0.15, -0.1) is 0 Å². The van der Waals surface area contributed by atoms with Crippen molar-refractivity contribution in [2.24, 2.45) is 5.73 Å². The Kier molecular flexibility index (Phi) is 5.02. The van der Waals surface area contributed by atoms with E-state index in [9.17, 15) is 22.4 Å². The third-order valence-electron chi connectivity index (χ3n) is 4.32. The first-order valence-corrected chi connectivity index (χ1v) is 8.30. The summed E-state index contributed by atoms with van der Waals surface area (Å²) >= 11 is 5.96. The number of amides is 1. The zero-order chi connectivity index (χ0) is 20.7. The molecule has 11 heteroatoms. The van der Waals surface area contributed by atoms with E-state index in [0.29, 0.717) is 27.2 Å². The van der Waals surface area contributed by atoms with E-state index < -0.39 is 35.7 Å². The van der Waals surface area contributed by atoms with Crippen molar-refractivity contribution >= 4 is 28.5 Å². The number of H-pyrrole nitrogens is 1. The minimum atomic E-state index is -4.63. The second-order valence-corrected chi connectivity index (χ2v) is 6.71. The molecule has 0 aliphatic rings. The summed E-state index contributed by atoms with van der Waals surface area (Å²) in [6.07, 6.45) is -0.438. The summed E-state index contributed by atoms with van der Waals surface area (Å²) in [5.41, 5.74) is 4.11. The average molecular weight is 416 g/mol. The van der Waals surface area contributed by atoms with Crippen molar-refractivity contribution in [2.75, 3.05) is 6.54 Å². The number of primary amides is 1. The van der Waals surface area contributed by atoms with E-state index in [-0.39, 0.29) is 0 Å². The van der Waals surface area contributed by atoms with Gasteiger partial charge in [0.1, 0.15) is 11.2 Å². The van der Waals surface area contributed by atoms with Gasteiger partial charge < -0.3 is 10.7 Å². The first-order chi connectivity index (χ1) is 13.0. The molecule has 0 unspecified atom stereocenters. The Bertz CT molecular complexity index is 1050. The zero-order valence-electron chi connectivity index (χ0n) is 14.4. The number of hydrogen-bond donors (Lipinski definition) is 3. The van der Waals surface area contributed by atoms with Crippen LogP contribution in [-0.4, -0.2) is 33.6 Å². The van der Waals surface area contributed by atoms with E-state index in [2.05, 4.69) is 15.0 Å². The van der Waals surface area contributed by atoms with Crippen LogP contribution in [0.3, 0.4) is 0 Å². The van der Waals surface area contributed by atoms with Crippen LogP contribution in [0.5, 0.6) is 0 Å². The summed E-state index contributed by atoms with van der Waals surface area (Å²) < 4.78 is 52.3. The van der Waals surface area contributed by atoms with Crippen molar-refractivity contribution in [1.29, 1.82) is 0 Å². The van der Waals surface area contributed by atoms with Gasteiger partial charge in [0, 0.05) is 40.7 Å². The number of nitrogens with one attached hydrogen (secondary N) is 2. The van der Waals surface area contributed by atoms with Gasteiger partial charge >= 0.3 is 6.18 Å². The molecule has 1 atom stereocenters. The molecule has 0 bridgehead atoms. The monoisotopic (exact) mass is 415 g/mol. The smallest absolute Gasteiger partial charge is 0.368 e. The molecule has 3 aromatic heterocycles. The third-order valence-corrected chi connectivity index (χ3v) is 4.53. The fourth-order valence-electron chi connectivity index (χ4n) is 2.75. The number of halogens is 5. The highest BCUT2D eigenvalue weighted by Gasteiger charge is 2.40. The van der Waals surface area contributed by atoms with Crippen molar-refractivity contribution in [2.45, 2.75) is 18.6 Å². The SMILES string of the molecule is C[C@](NCC(F)(F)F)(C(N)=O)c1cc(-c2c[nH]c3ncc(Cl)cc23)cnc1F. The number of rotatable bonds is 5. The Hall–Kier alpha value is -2.72. The van der Waals surface area contributed by atoms with E-state index in [1.54, 1.807) is 12.3 Å². The molecule has 0 spiro atoms. The summed E-state index contributed by atoms with van der Waals surface area (Å²) in [7, 11) is 0. The van der Waals surface area contributed by atoms with E-state index >= 15 is 0 Å². The number of carbonyl (C=O) groups excluding carboxylic acids is 1. The molecule has 6 nitrogen and oxygen atoms in total. The number of nitrogens with two attached hydrogens (primary N) is 1. The second-order valence-electron chi connectivity index (χ2n) is 6.27. The van der Waals surface area contributed by atoms with Crippen LogP contribution >= 0.6 is 11.6 Å². The lowest BCUT2D eigenvalue weighted by molar-refractivity contribution is -0.136. The third kappa shape index (κ3) is 3.78. The van der Waals surface area contributed by atoms with Crippen LogP contribution in [0.1, 0.15) is 12.5 Å². The molecule has 3 aromatic rings. The van der Waals surface area contributed by atoms with Gasteiger partial charge in [-0.2, -0.15) is 17.6 Å². The molecule has 3 rings (SSSR count). The predicted molar refractivity (Wildman–Crippen MR) is 94.9 cm³/mol. The van der Waals surface area contributed by atoms with E-state index in [1.165, 1.54) is 18.5 Å². The summed E-state index contributed by atoms with van der Waals surface area (Å²) in [4.78, 5) is 22.5. The van der Waals surface area contributed by atoms with Gasteiger partial charge in [0.25, 0.3) is 0 Å². The lowest BCUT2D eigenvalue weighted by atomic mass is 9.90. The predicted octanol–water partition coefficient (Wildman–Crippen LogP) is 3.27. The van der Waals surface area contributed by atoms with Gasteiger partial charge in [0.2, 0.25) is 11.9 Å². The largest absolute Gasteiger partial charge is 0.401 e. The van der Waals surface area contributed by atoms with Gasteiger partial charge in [-0.25, -0.2) is 9.97 Å². The van der Waals surface area contributed by atoms with Crippen LogP contribution in [0.4, 0.5) is 17.6 Å². The highest BCUT2D eigenvalue weighted by molar-refractivity contribution is 6.31. The number of aromatic nitrogens is 3. The molecule has 3 heterocycles. The van der Waals surface area contributed by atoms with E-state index in [4.69, 9.17) is 17.3 Å². The van der Waals surface area contributed by atoms with Crippen LogP contribution in [0.2, 0.25) is 5.02 Å². The van der Waals surface area contributed by atoms with Crippen LogP contribution in [-0.2, 0) is 10.3 Å². The highest BCUT2D eigenvalue weighted by Crippen LogP contribution is 2.33. The van der Waals surface area contributed by atoms with Crippen molar-refractivity contribution in [3.8, 4) is 11.1 Å². The van der Waals surface area contributed by atoms with E-state index in [1.807, 2.05) is 5.32 Å². The fraction of sp³-hybridized carbons (Fsp3) is 0.235. The Morgan fingerprint density at radius 1 is 1.29 bits per heavy atom. The van der Waals surface area contributed by atoms with Crippen molar-refractivity contribution in [3.05, 3.63) is 47.3 Å². The number of carbonyl (C=O) groups is 1. The van der Waals surface area contributed by atoms with Crippen molar-refractivity contribution in [3.63, 3.8) is 0 Å². The Morgan fingerprint density at radius 3 is 2.64 bits per heavy atom. The zero-order valence-corrected chi connectivity index (χ0v) is 15.1. The van der Waals surface area contributed by atoms with Crippen molar-refractivity contribution in [1.82, 2.24) is 20.3 Å². The molecular weight excluding hydrogens is 402 g/mol. The van der Waals surface area contributed by atoms with Gasteiger partial charge in [0.15, 0.2) is 0 Å². The molecule has 0 saturated carbocycles. The molecule has 0 radical (unpaired) electrons. The number of aromatic amines is 1. The molecule has 1 amide bonds. The molecule has 4 N–H and O–H groups in total. The molecule has 0 aliphatic carbocycles. The normalized spacial score (nSPS) is 14.2. The summed E-state index contributed by atoms with van der Waals surface area (Å²) in [6, 6.07) is 2.84. The Morgan fingerprint density at radius 2 is 2.00 bits per heavy atom. The Balaban J connectivity index is 2.11. The highest BCUT2D eigenvalue weighted by atomic mass is 35.5. The molecule has 148 valence electrons. The standard InChI is InChI=1S/C17H14ClF4N5O/c1-16(15(23)28,27-7-17(20,21)22)12-2-8(4-24-13(12)19)11-6-26-14-10(11)3-9(18)5-25-14/h2-6,27H,7H2,1H3,(H2,23,28)(H,25,26)/t16-/m1/s1. The van der Waals surface area contributed by atoms with Crippen LogP contribution in [0.25, 0.3) is 22.2 Å². The number of pyridine rings is 2. The van der Waals surface area contributed by atoms with Crippen molar-refractivity contribution < 1.29 is 22.4 Å². The number of fused-ring (bicyclic) bond motifs is 1. The lowest BCUT2D eigenvalue weighted by Gasteiger charge is -2.29. The summed E-state index contributed by atoms with van der Waals surface area (Å²) in [5, 5.41) is 2.94. The van der Waals surface area contributed by atoms with Crippen LogP contribution in [0.15, 0.2) is 30.7 Å². The maximum atomic E-state index is 14.4. The molecule has 0 fully saturated rings. The van der Waals surface area contributed by atoms with Gasteiger partial charge in [-0.3, -0.25) is 10.1 Å². The number of alkyl halides is 3. The summed E-state index contributed by atoms with van der Waals surface area (Å²) in [6.45, 7) is -0.471.